The Morgan fingerprint density at radius 2 is 1.91 bits per heavy atom. The number of alkyl halides is 3. The second-order valence-corrected chi connectivity index (χ2v) is 10.4. The summed E-state index contributed by atoms with van der Waals surface area (Å²) in [5.74, 6) is -1.28. The maximum atomic E-state index is 13.0. The van der Waals surface area contributed by atoms with Crippen LogP contribution >= 0.6 is 0 Å². The van der Waals surface area contributed by atoms with Crippen molar-refractivity contribution in [2.45, 2.75) is 50.9 Å². The molecule has 0 radical (unpaired) electrons. The first-order valence-corrected chi connectivity index (χ1v) is 12.0. The average Bonchev–Trinajstić information content (AvgIpc) is 2.73. The molecule has 1 aromatic heterocycles. The van der Waals surface area contributed by atoms with E-state index < -0.39 is 38.3 Å². The normalized spacial score (nSPS) is 18.1. The van der Waals surface area contributed by atoms with E-state index in [1.54, 1.807) is 11.6 Å². The molecule has 2 aliphatic heterocycles. The molecule has 1 fully saturated rings. The number of rotatable bonds is 6. The summed E-state index contributed by atoms with van der Waals surface area (Å²) in [6.45, 7) is 5.30. The van der Waals surface area contributed by atoms with Crippen LogP contribution in [0.1, 0.15) is 54.7 Å². The van der Waals surface area contributed by atoms with Gasteiger partial charge in [0.15, 0.2) is 5.43 Å². The Bertz CT molecular complexity index is 1370. The van der Waals surface area contributed by atoms with E-state index in [1.165, 1.54) is 31.5 Å². The predicted octanol–water partition coefficient (Wildman–Crippen LogP) is 3.24. The fraction of sp³-hybridized carbons (Fsp3) is 0.455. The zero-order chi connectivity index (χ0) is 25.9. The summed E-state index contributed by atoms with van der Waals surface area (Å²) in [7, 11) is -4.62. The molecule has 35 heavy (non-hydrogen) atoms. The molecule has 0 aliphatic carbocycles. The first-order chi connectivity index (χ1) is 16.2. The van der Waals surface area contributed by atoms with Crippen LogP contribution in [-0.2, 0) is 26.2 Å². The minimum Gasteiger partial charge on any atom is -0.462 e. The van der Waals surface area contributed by atoms with Crippen molar-refractivity contribution < 1.29 is 40.0 Å². The third-order valence-corrected chi connectivity index (χ3v) is 6.98. The Morgan fingerprint density at radius 1 is 1.23 bits per heavy atom. The van der Waals surface area contributed by atoms with Gasteiger partial charge in [0.2, 0.25) is 0 Å². The van der Waals surface area contributed by atoms with E-state index in [4.69, 9.17) is 9.47 Å². The molecule has 0 spiro atoms. The van der Waals surface area contributed by atoms with Gasteiger partial charge in [0.25, 0.3) is 0 Å². The molecule has 0 bridgehead atoms. The predicted molar refractivity (Wildman–Crippen MR) is 118 cm³/mol. The minimum absolute atomic E-state index is 0.0413. The number of esters is 1. The quantitative estimate of drug-likeness (QED) is 0.328. The zero-order valence-corrected chi connectivity index (χ0v) is 20.1. The van der Waals surface area contributed by atoms with Crippen molar-refractivity contribution >= 4 is 16.1 Å². The molecular weight excluding hydrogens is 493 g/mol. The molecule has 2 aromatic rings. The highest BCUT2D eigenvalue weighted by atomic mass is 32.2. The number of carbonyl (C=O) groups is 1. The summed E-state index contributed by atoms with van der Waals surface area (Å²) in [5, 5.41) is 1.87. The molecule has 1 atom stereocenters. The smallest absolute Gasteiger partial charge is 0.462 e. The highest BCUT2D eigenvalue weighted by molar-refractivity contribution is 7.88. The van der Waals surface area contributed by atoms with Crippen molar-refractivity contribution in [3.63, 3.8) is 0 Å². The average molecular weight is 516 g/mol. The van der Waals surface area contributed by atoms with Gasteiger partial charge in [-0.1, -0.05) is 0 Å². The molecule has 1 aromatic carbocycles. The zero-order valence-electron chi connectivity index (χ0n) is 19.3. The standard InChI is InChI=1S/C22H23F3N2O7S/c1-5-33-20(29)15-10-26-16(8-18(15)28)13-6-12(11-32-4)19(34-35(30,31)22(23,24)25)7-14(13)17-9-21(2,3)27(17)26/h6-8,10,17H,5,9,11H2,1-4H3. The Kier molecular flexibility index (Phi) is 5.91. The number of methoxy groups -OCH3 is 1. The van der Waals surface area contributed by atoms with Gasteiger partial charge in [-0.3, -0.25) is 14.5 Å². The summed E-state index contributed by atoms with van der Waals surface area (Å²) in [5.41, 5.74) is -5.41. The number of ether oxygens (including phenoxy) is 2. The van der Waals surface area contributed by atoms with Gasteiger partial charge in [0, 0.05) is 30.5 Å². The Hall–Kier alpha value is -3.06. The molecule has 190 valence electrons. The molecule has 0 saturated carbocycles. The lowest BCUT2D eigenvalue weighted by atomic mass is 9.76. The lowest BCUT2D eigenvalue weighted by Crippen LogP contribution is -2.65. The SMILES string of the molecule is CCOC(=O)c1cn2c(cc1=O)-c1cc(COC)c(OS(=O)(=O)C(F)(F)F)cc1C1CC(C)(C)N12. The molecule has 9 nitrogen and oxygen atoms in total. The van der Waals surface area contributed by atoms with Crippen LogP contribution in [0, 0.1) is 0 Å². The summed E-state index contributed by atoms with van der Waals surface area (Å²) < 4.78 is 78.6. The number of carbonyl (C=O) groups excluding carboxylic acids is 1. The van der Waals surface area contributed by atoms with Crippen molar-refractivity contribution in [2.75, 3.05) is 18.7 Å². The van der Waals surface area contributed by atoms with E-state index in [9.17, 15) is 31.2 Å². The molecule has 0 N–H and O–H groups in total. The van der Waals surface area contributed by atoms with Gasteiger partial charge in [-0.2, -0.15) is 21.6 Å². The Labute approximate surface area is 199 Å². The van der Waals surface area contributed by atoms with Gasteiger partial charge >= 0.3 is 21.6 Å². The van der Waals surface area contributed by atoms with Crippen LogP contribution in [0.15, 0.2) is 29.2 Å². The number of aromatic nitrogens is 1. The topological polar surface area (TPSA) is 104 Å². The fourth-order valence-electron chi connectivity index (χ4n) is 4.56. The highest BCUT2D eigenvalue weighted by Gasteiger charge is 2.51. The first kappa shape index (κ1) is 25.0. The number of pyridine rings is 1. The van der Waals surface area contributed by atoms with Crippen LogP contribution in [0.2, 0.25) is 0 Å². The monoisotopic (exact) mass is 516 g/mol. The molecule has 1 saturated heterocycles. The van der Waals surface area contributed by atoms with Crippen LogP contribution in [0.3, 0.4) is 0 Å². The van der Waals surface area contributed by atoms with Gasteiger partial charge in [-0.25, -0.2) is 4.79 Å². The molecule has 4 rings (SSSR count). The number of nitrogens with zero attached hydrogens (tertiary/aromatic N) is 2. The van der Waals surface area contributed by atoms with Gasteiger partial charge in [0.05, 0.1) is 30.5 Å². The van der Waals surface area contributed by atoms with Crippen molar-refractivity contribution in [2.24, 2.45) is 0 Å². The van der Waals surface area contributed by atoms with Crippen molar-refractivity contribution in [3.8, 4) is 17.0 Å². The van der Waals surface area contributed by atoms with Gasteiger partial charge in [-0.05, 0) is 44.9 Å². The Balaban J connectivity index is 1.93. The van der Waals surface area contributed by atoms with Crippen molar-refractivity contribution in [3.05, 3.63) is 51.3 Å². The summed E-state index contributed by atoms with van der Waals surface area (Å²) in [6.07, 6.45) is 1.95. The van der Waals surface area contributed by atoms with E-state index >= 15 is 0 Å². The van der Waals surface area contributed by atoms with E-state index in [-0.39, 0.29) is 30.4 Å². The number of hydrogen-bond acceptors (Lipinski definition) is 8. The first-order valence-electron chi connectivity index (χ1n) is 10.6. The summed E-state index contributed by atoms with van der Waals surface area (Å²) >= 11 is 0. The molecule has 0 amide bonds. The highest BCUT2D eigenvalue weighted by Crippen LogP contribution is 2.52. The van der Waals surface area contributed by atoms with Crippen LogP contribution in [0.25, 0.3) is 11.3 Å². The molecule has 13 heteroatoms. The van der Waals surface area contributed by atoms with Crippen molar-refractivity contribution in [1.82, 2.24) is 4.68 Å². The fourth-order valence-corrected chi connectivity index (χ4v) is 5.05. The van der Waals surface area contributed by atoms with Gasteiger partial charge in [0.1, 0.15) is 11.3 Å². The molecule has 3 heterocycles. The van der Waals surface area contributed by atoms with E-state index in [0.717, 1.165) is 0 Å². The number of hydrogen-bond donors (Lipinski definition) is 0. The third-order valence-electron chi connectivity index (χ3n) is 6.02. The largest absolute Gasteiger partial charge is 0.534 e. The van der Waals surface area contributed by atoms with Crippen LogP contribution in [-0.4, -0.2) is 43.8 Å². The number of halogens is 3. The maximum Gasteiger partial charge on any atom is 0.534 e. The summed E-state index contributed by atoms with van der Waals surface area (Å²) in [4.78, 5) is 25.1. The van der Waals surface area contributed by atoms with E-state index in [0.29, 0.717) is 23.2 Å². The van der Waals surface area contributed by atoms with Crippen LogP contribution in [0.4, 0.5) is 13.2 Å². The molecular formula is C22H23F3N2O7S. The van der Waals surface area contributed by atoms with Crippen molar-refractivity contribution in [1.29, 1.82) is 0 Å². The minimum atomic E-state index is -5.92. The van der Waals surface area contributed by atoms with Crippen LogP contribution in [0.5, 0.6) is 5.75 Å². The second kappa shape index (κ2) is 8.26. The van der Waals surface area contributed by atoms with Crippen LogP contribution < -0.4 is 14.6 Å². The molecule has 2 aliphatic rings. The second-order valence-electron chi connectivity index (χ2n) is 8.84. The number of benzene rings is 1. The maximum absolute atomic E-state index is 13.0. The number of fused-ring (bicyclic) bond motifs is 6. The lowest BCUT2D eigenvalue weighted by Gasteiger charge is -2.60. The van der Waals surface area contributed by atoms with E-state index in [1.807, 2.05) is 18.9 Å². The van der Waals surface area contributed by atoms with Gasteiger partial charge in [-0.15, -0.1) is 0 Å². The lowest BCUT2D eigenvalue weighted by molar-refractivity contribution is -0.0500. The van der Waals surface area contributed by atoms with E-state index in [2.05, 4.69) is 4.18 Å². The Morgan fingerprint density at radius 3 is 2.49 bits per heavy atom. The molecule has 1 unspecified atom stereocenters. The third kappa shape index (κ3) is 4.05. The summed E-state index contributed by atoms with van der Waals surface area (Å²) in [6, 6.07) is 3.56. The van der Waals surface area contributed by atoms with Gasteiger partial charge < -0.3 is 13.7 Å².